The molecule has 3 amide bonds. The SMILES string of the molecule is CC(C)C(C(=O)N1CCN(c2ncc(Cl)cc2Cl)CC1)N1C(=O)c2ccccc2C1=O. The molecular formula is C22H22Cl2N4O3. The summed E-state index contributed by atoms with van der Waals surface area (Å²) in [6.45, 7) is 5.64. The molecule has 2 aromatic rings. The maximum Gasteiger partial charge on any atom is 0.262 e. The van der Waals surface area contributed by atoms with Gasteiger partial charge in [0.1, 0.15) is 11.9 Å². The van der Waals surface area contributed by atoms with Gasteiger partial charge in [-0.1, -0.05) is 49.2 Å². The molecule has 2 aliphatic heterocycles. The lowest BCUT2D eigenvalue weighted by molar-refractivity contribution is -0.137. The first-order chi connectivity index (χ1) is 14.8. The van der Waals surface area contributed by atoms with Crippen LogP contribution in [0.5, 0.6) is 0 Å². The number of amides is 3. The molecule has 1 saturated heterocycles. The van der Waals surface area contributed by atoms with Crippen molar-refractivity contribution in [1.82, 2.24) is 14.8 Å². The molecule has 1 unspecified atom stereocenters. The zero-order valence-electron chi connectivity index (χ0n) is 17.2. The van der Waals surface area contributed by atoms with E-state index in [-0.39, 0.29) is 11.8 Å². The molecule has 3 heterocycles. The lowest BCUT2D eigenvalue weighted by Gasteiger charge is -2.39. The van der Waals surface area contributed by atoms with Gasteiger partial charge in [-0.3, -0.25) is 19.3 Å². The monoisotopic (exact) mass is 460 g/mol. The van der Waals surface area contributed by atoms with Crippen molar-refractivity contribution in [2.75, 3.05) is 31.1 Å². The normalized spacial score (nSPS) is 17.4. The summed E-state index contributed by atoms with van der Waals surface area (Å²) < 4.78 is 0. The number of piperazine rings is 1. The van der Waals surface area contributed by atoms with Crippen LogP contribution in [0, 0.1) is 5.92 Å². The highest BCUT2D eigenvalue weighted by atomic mass is 35.5. The lowest BCUT2D eigenvalue weighted by Crippen LogP contribution is -2.57. The largest absolute Gasteiger partial charge is 0.352 e. The number of hydrogen-bond acceptors (Lipinski definition) is 5. The van der Waals surface area contributed by atoms with Gasteiger partial charge in [0.2, 0.25) is 5.91 Å². The van der Waals surface area contributed by atoms with Crippen molar-refractivity contribution in [3.8, 4) is 0 Å². The van der Waals surface area contributed by atoms with Crippen LogP contribution in [0.25, 0.3) is 0 Å². The van der Waals surface area contributed by atoms with Crippen LogP contribution in [0.2, 0.25) is 10.0 Å². The highest BCUT2D eigenvalue weighted by Gasteiger charge is 2.45. The van der Waals surface area contributed by atoms with Gasteiger partial charge in [0.25, 0.3) is 11.8 Å². The quantitative estimate of drug-likeness (QED) is 0.653. The van der Waals surface area contributed by atoms with Crippen molar-refractivity contribution in [1.29, 1.82) is 0 Å². The Morgan fingerprint density at radius 2 is 1.58 bits per heavy atom. The van der Waals surface area contributed by atoms with E-state index >= 15 is 0 Å². The number of carbonyl (C=O) groups is 3. The van der Waals surface area contributed by atoms with Gasteiger partial charge in [0, 0.05) is 32.4 Å². The van der Waals surface area contributed by atoms with Gasteiger partial charge in [-0.2, -0.15) is 0 Å². The Morgan fingerprint density at radius 1 is 1.00 bits per heavy atom. The molecule has 0 bridgehead atoms. The maximum atomic E-state index is 13.4. The predicted molar refractivity (Wildman–Crippen MR) is 119 cm³/mol. The fourth-order valence-corrected chi connectivity index (χ4v) is 4.62. The van der Waals surface area contributed by atoms with E-state index in [2.05, 4.69) is 4.98 Å². The summed E-state index contributed by atoms with van der Waals surface area (Å²) in [4.78, 5) is 48.4. The summed E-state index contributed by atoms with van der Waals surface area (Å²) >= 11 is 12.2. The third-order valence-corrected chi connectivity index (χ3v) is 6.15. The van der Waals surface area contributed by atoms with Crippen LogP contribution in [-0.2, 0) is 4.79 Å². The van der Waals surface area contributed by atoms with Crippen molar-refractivity contribution in [2.24, 2.45) is 5.92 Å². The van der Waals surface area contributed by atoms with Gasteiger partial charge in [0.15, 0.2) is 0 Å². The Labute approximate surface area is 190 Å². The molecule has 1 atom stereocenters. The van der Waals surface area contributed by atoms with Gasteiger partial charge in [-0.25, -0.2) is 4.98 Å². The first-order valence-corrected chi connectivity index (χ1v) is 10.9. The number of imide groups is 1. The molecule has 4 rings (SSSR count). The van der Waals surface area contributed by atoms with E-state index in [4.69, 9.17) is 23.2 Å². The summed E-state index contributed by atoms with van der Waals surface area (Å²) in [5.74, 6) is -0.648. The van der Waals surface area contributed by atoms with Crippen LogP contribution in [-0.4, -0.2) is 64.7 Å². The van der Waals surface area contributed by atoms with Gasteiger partial charge >= 0.3 is 0 Å². The predicted octanol–water partition coefficient (Wildman–Crippen LogP) is 3.36. The molecule has 7 nitrogen and oxygen atoms in total. The number of fused-ring (bicyclic) bond motifs is 1. The number of aromatic nitrogens is 1. The molecule has 2 aliphatic rings. The molecular weight excluding hydrogens is 439 g/mol. The molecule has 9 heteroatoms. The molecule has 0 saturated carbocycles. The van der Waals surface area contributed by atoms with Gasteiger partial charge in [-0.05, 0) is 24.1 Å². The highest BCUT2D eigenvalue weighted by molar-refractivity contribution is 6.36. The number of carbonyl (C=O) groups excluding carboxylic acids is 3. The minimum Gasteiger partial charge on any atom is -0.352 e. The number of rotatable bonds is 4. The van der Waals surface area contributed by atoms with Crippen molar-refractivity contribution < 1.29 is 14.4 Å². The topological polar surface area (TPSA) is 73.8 Å². The fraction of sp³-hybridized carbons (Fsp3) is 0.364. The number of benzene rings is 1. The fourth-order valence-electron chi connectivity index (χ4n) is 4.12. The highest BCUT2D eigenvalue weighted by Crippen LogP contribution is 2.30. The zero-order chi connectivity index (χ0) is 22.3. The molecule has 0 radical (unpaired) electrons. The van der Waals surface area contributed by atoms with Crippen molar-refractivity contribution in [3.05, 3.63) is 57.7 Å². The number of pyridine rings is 1. The van der Waals surface area contributed by atoms with E-state index in [9.17, 15) is 14.4 Å². The van der Waals surface area contributed by atoms with E-state index < -0.39 is 17.9 Å². The van der Waals surface area contributed by atoms with E-state index in [1.54, 1.807) is 35.2 Å². The van der Waals surface area contributed by atoms with Gasteiger partial charge < -0.3 is 9.80 Å². The smallest absolute Gasteiger partial charge is 0.262 e. The van der Waals surface area contributed by atoms with Gasteiger partial charge in [0.05, 0.1) is 21.2 Å². The summed E-state index contributed by atoms with van der Waals surface area (Å²) in [5, 5.41) is 0.918. The second-order valence-electron chi connectivity index (χ2n) is 7.99. The van der Waals surface area contributed by atoms with E-state index in [0.717, 1.165) is 4.90 Å². The second kappa shape index (κ2) is 8.48. The van der Waals surface area contributed by atoms with Crippen LogP contribution in [0.4, 0.5) is 5.82 Å². The first kappa shape index (κ1) is 21.6. The molecule has 0 aliphatic carbocycles. The second-order valence-corrected chi connectivity index (χ2v) is 8.83. The van der Waals surface area contributed by atoms with E-state index in [0.29, 0.717) is 53.2 Å². The minimum atomic E-state index is -0.851. The Bertz CT molecular complexity index is 1020. The Balaban J connectivity index is 1.50. The van der Waals surface area contributed by atoms with E-state index in [1.165, 1.54) is 6.20 Å². The standard InChI is InChI=1S/C22H22Cl2N4O3/c1-13(2)18(28-20(29)15-5-3-4-6-16(15)21(28)30)22(31)27-9-7-26(8-10-27)19-17(24)11-14(23)12-25-19/h3-6,11-13,18H,7-10H2,1-2H3. The van der Waals surface area contributed by atoms with Crippen molar-refractivity contribution in [3.63, 3.8) is 0 Å². The molecule has 162 valence electrons. The van der Waals surface area contributed by atoms with Crippen LogP contribution >= 0.6 is 23.2 Å². The number of halogens is 2. The van der Waals surface area contributed by atoms with Crippen LogP contribution in [0.1, 0.15) is 34.6 Å². The number of hydrogen-bond donors (Lipinski definition) is 0. The molecule has 1 aromatic carbocycles. The third kappa shape index (κ3) is 3.88. The average Bonchev–Trinajstić information content (AvgIpc) is 2.99. The Kier molecular flexibility index (Phi) is 5.90. The first-order valence-electron chi connectivity index (χ1n) is 10.1. The minimum absolute atomic E-state index is 0.222. The summed E-state index contributed by atoms with van der Waals surface area (Å²) in [6.07, 6.45) is 1.54. The summed E-state index contributed by atoms with van der Waals surface area (Å²) in [5.41, 5.74) is 0.693. The summed E-state index contributed by atoms with van der Waals surface area (Å²) in [7, 11) is 0. The lowest BCUT2D eigenvalue weighted by atomic mass is 10.0. The molecule has 31 heavy (non-hydrogen) atoms. The Hall–Kier alpha value is -2.64. The third-order valence-electron chi connectivity index (χ3n) is 5.67. The maximum absolute atomic E-state index is 13.4. The van der Waals surface area contributed by atoms with Crippen LogP contribution < -0.4 is 4.90 Å². The molecule has 0 N–H and O–H groups in total. The number of nitrogens with zero attached hydrogens (tertiary/aromatic N) is 4. The average molecular weight is 461 g/mol. The van der Waals surface area contributed by atoms with Crippen molar-refractivity contribution in [2.45, 2.75) is 19.9 Å². The molecule has 0 spiro atoms. The van der Waals surface area contributed by atoms with Crippen LogP contribution in [0.15, 0.2) is 36.5 Å². The van der Waals surface area contributed by atoms with Gasteiger partial charge in [-0.15, -0.1) is 0 Å². The van der Waals surface area contributed by atoms with E-state index in [1.807, 2.05) is 18.7 Å². The zero-order valence-corrected chi connectivity index (χ0v) is 18.7. The molecule has 1 aromatic heterocycles. The molecule has 1 fully saturated rings. The van der Waals surface area contributed by atoms with Crippen LogP contribution in [0.3, 0.4) is 0 Å². The summed E-state index contributed by atoms with van der Waals surface area (Å²) in [6, 6.07) is 7.47. The number of anilines is 1. The Morgan fingerprint density at radius 3 is 2.10 bits per heavy atom. The van der Waals surface area contributed by atoms with Crippen molar-refractivity contribution >= 4 is 46.7 Å².